The van der Waals surface area contributed by atoms with Crippen LogP contribution >= 0.6 is 0 Å². The number of aromatic nitrogens is 3. The van der Waals surface area contributed by atoms with Crippen LogP contribution in [0.2, 0.25) is 0 Å². The predicted molar refractivity (Wildman–Crippen MR) is 124 cm³/mol. The number of benzene rings is 2. The van der Waals surface area contributed by atoms with Crippen LogP contribution in [-0.2, 0) is 23.1 Å². The maximum Gasteiger partial charge on any atom is 0.273 e. The van der Waals surface area contributed by atoms with Crippen molar-refractivity contribution >= 4 is 15.9 Å². The molecule has 0 radical (unpaired) electrons. The molecular formula is C23H27FN6O3S. The molecule has 0 bridgehead atoms. The Hall–Kier alpha value is -3.15. The third-order valence-corrected chi connectivity index (χ3v) is 6.85. The summed E-state index contributed by atoms with van der Waals surface area (Å²) in [5, 5.41) is 16.4. The minimum Gasteiger partial charge on any atom is -0.350 e. The zero-order valence-electron chi connectivity index (χ0n) is 18.6. The number of amides is 1. The lowest BCUT2D eigenvalue weighted by Crippen LogP contribution is -2.38. The topological polar surface area (TPSA) is 123 Å². The molecule has 1 aliphatic rings. The van der Waals surface area contributed by atoms with Crippen LogP contribution in [0.15, 0.2) is 59.6 Å². The van der Waals surface area contributed by atoms with Crippen LogP contribution in [0.5, 0.6) is 0 Å². The molecule has 1 fully saturated rings. The molecule has 0 aliphatic carbocycles. The molecule has 3 aromatic rings. The van der Waals surface area contributed by atoms with Gasteiger partial charge in [0.15, 0.2) is 5.69 Å². The first-order valence-electron chi connectivity index (χ1n) is 11.0. The summed E-state index contributed by atoms with van der Waals surface area (Å²) in [6.45, 7) is 3.53. The number of hydrogen-bond donors (Lipinski definition) is 2. The Balaban J connectivity index is 1.22. The normalized spacial score (nSPS) is 15.4. The van der Waals surface area contributed by atoms with Gasteiger partial charge in [-0.15, -0.1) is 5.10 Å². The van der Waals surface area contributed by atoms with Gasteiger partial charge in [-0.05, 0) is 67.2 Å². The van der Waals surface area contributed by atoms with E-state index in [1.807, 2.05) is 12.1 Å². The van der Waals surface area contributed by atoms with Crippen LogP contribution in [0.4, 0.5) is 4.39 Å². The molecule has 0 spiro atoms. The van der Waals surface area contributed by atoms with Crippen molar-refractivity contribution < 1.29 is 17.6 Å². The molecular weight excluding hydrogens is 459 g/mol. The van der Waals surface area contributed by atoms with Crippen molar-refractivity contribution in [3.8, 4) is 0 Å². The molecule has 3 N–H and O–H groups in total. The van der Waals surface area contributed by atoms with Crippen molar-refractivity contribution in [3.05, 3.63) is 77.4 Å². The molecule has 11 heteroatoms. The van der Waals surface area contributed by atoms with Crippen LogP contribution in [0.3, 0.4) is 0 Å². The minimum atomic E-state index is -3.74. The van der Waals surface area contributed by atoms with Gasteiger partial charge in [-0.1, -0.05) is 24.3 Å². The summed E-state index contributed by atoms with van der Waals surface area (Å²) in [5.74, 6) is -0.109. The maximum atomic E-state index is 13.1. The van der Waals surface area contributed by atoms with Gasteiger partial charge in [0.2, 0.25) is 10.0 Å². The van der Waals surface area contributed by atoms with Crippen molar-refractivity contribution in [1.82, 2.24) is 25.2 Å². The van der Waals surface area contributed by atoms with E-state index in [2.05, 4.69) is 20.4 Å². The van der Waals surface area contributed by atoms with E-state index in [0.29, 0.717) is 19.0 Å². The lowest BCUT2D eigenvalue weighted by Gasteiger charge is -2.32. The lowest BCUT2D eigenvalue weighted by molar-refractivity contribution is 0.0929. The number of rotatable bonds is 8. The average molecular weight is 487 g/mol. The maximum absolute atomic E-state index is 13.1. The van der Waals surface area contributed by atoms with Crippen molar-refractivity contribution in [2.75, 3.05) is 19.6 Å². The molecule has 2 aromatic carbocycles. The fourth-order valence-electron chi connectivity index (χ4n) is 3.95. The first kappa shape index (κ1) is 24.0. The first-order valence-corrected chi connectivity index (χ1v) is 12.6. The Morgan fingerprint density at radius 1 is 1.03 bits per heavy atom. The molecule has 1 aromatic heterocycles. The number of nitrogens with two attached hydrogens (primary N) is 1. The van der Waals surface area contributed by atoms with Crippen molar-refractivity contribution in [2.24, 2.45) is 11.1 Å². The third kappa shape index (κ3) is 6.46. The largest absolute Gasteiger partial charge is 0.350 e. The van der Waals surface area contributed by atoms with Gasteiger partial charge in [0, 0.05) is 13.1 Å². The highest BCUT2D eigenvalue weighted by Gasteiger charge is 2.21. The molecule has 180 valence electrons. The number of carbonyl (C=O) groups excluding carboxylic acids is 1. The number of nitrogens with zero attached hydrogens (tertiary/aromatic N) is 4. The first-order chi connectivity index (χ1) is 16.3. The van der Waals surface area contributed by atoms with E-state index in [1.165, 1.54) is 35.3 Å². The second-order valence-corrected chi connectivity index (χ2v) is 10.1. The second-order valence-electron chi connectivity index (χ2n) is 8.51. The Morgan fingerprint density at radius 2 is 1.65 bits per heavy atom. The Bertz CT molecular complexity index is 1220. The SMILES string of the molecule is NS(=O)(=O)c1ccc(Cn2ncc(C(=O)NCC3CCN(Cc4ccc(F)cc4)CC3)n2)cc1. The number of likely N-dealkylation sites (tertiary alicyclic amines) is 1. The highest BCUT2D eigenvalue weighted by molar-refractivity contribution is 7.89. The number of nitrogens with one attached hydrogen (secondary N) is 1. The molecule has 1 amide bonds. The Labute approximate surface area is 197 Å². The summed E-state index contributed by atoms with van der Waals surface area (Å²) in [4.78, 5) is 16.2. The summed E-state index contributed by atoms with van der Waals surface area (Å²) >= 11 is 0. The molecule has 0 atom stereocenters. The number of sulfonamides is 1. The summed E-state index contributed by atoms with van der Waals surface area (Å²) in [6.07, 6.45) is 3.37. The van der Waals surface area contributed by atoms with E-state index in [9.17, 15) is 17.6 Å². The molecule has 2 heterocycles. The van der Waals surface area contributed by atoms with Crippen molar-refractivity contribution in [1.29, 1.82) is 0 Å². The highest BCUT2D eigenvalue weighted by atomic mass is 32.2. The summed E-state index contributed by atoms with van der Waals surface area (Å²) < 4.78 is 35.8. The van der Waals surface area contributed by atoms with E-state index in [-0.39, 0.29) is 22.3 Å². The zero-order chi connectivity index (χ0) is 24.1. The van der Waals surface area contributed by atoms with E-state index >= 15 is 0 Å². The quantitative estimate of drug-likeness (QED) is 0.500. The summed E-state index contributed by atoms with van der Waals surface area (Å²) in [6, 6.07) is 12.7. The second kappa shape index (κ2) is 10.4. The van der Waals surface area contributed by atoms with Crippen molar-refractivity contribution in [3.63, 3.8) is 0 Å². The number of piperidine rings is 1. The smallest absolute Gasteiger partial charge is 0.273 e. The standard InChI is InChI=1S/C23H27FN6O3S/c24-20-5-1-18(2-6-20)15-29-11-9-17(10-12-29)13-26-23(31)22-14-27-30(28-22)16-19-3-7-21(8-4-19)34(25,32)33/h1-8,14,17H,9-13,15-16H2,(H,26,31)(H2,25,32,33). The molecule has 0 saturated carbocycles. The molecule has 9 nitrogen and oxygen atoms in total. The van der Waals surface area contributed by atoms with Gasteiger partial charge >= 0.3 is 0 Å². The monoisotopic (exact) mass is 486 g/mol. The van der Waals surface area contributed by atoms with Crippen LogP contribution in [0.1, 0.15) is 34.5 Å². The predicted octanol–water partition coefficient (Wildman–Crippen LogP) is 1.75. The number of primary sulfonamides is 1. The molecule has 34 heavy (non-hydrogen) atoms. The lowest BCUT2D eigenvalue weighted by atomic mass is 9.96. The molecule has 1 saturated heterocycles. The number of carbonyl (C=O) groups is 1. The molecule has 1 aliphatic heterocycles. The van der Waals surface area contributed by atoms with Crippen LogP contribution in [0, 0.1) is 11.7 Å². The van der Waals surface area contributed by atoms with E-state index in [4.69, 9.17) is 5.14 Å². The Kier molecular flexibility index (Phi) is 7.35. The molecule has 0 unspecified atom stereocenters. The van der Waals surface area contributed by atoms with Crippen LogP contribution < -0.4 is 10.5 Å². The minimum absolute atomic E-state index is 0.0334. The fraction of sp³-hybridized carbons (Fsp3) is 0.348. The van der Waals surface area contributed by atoms with E-state index in [0.717, 1.165) is 43.6 Å². The van der Waals surface area contributed by atoms with Gasteiger partial charge < -0.3 is 5.32 Å². The number of hydrogen-bond acceptors (Lipinski definition) is 6. The van der Waals surface area contributed by atoms with Crippen LogP contribution in [0.25, 0.3) is 0 Å². The van der Waals surface area contributed by atoms with Gasteiger partial charge in [0.1, 0.15) is 5.82 Å². The van der Waals surface area contributed by atoms with Gasteiger partial charge in [0.05, 0.1) is 17.6 Å². The molecule has 4 rings (SSSR count). The summed E-state index contributed by atoms with van der Waals surface area (Å²) in [7, 11) is -3.74. The van der Waals surface area contributed by atoms with E-state index in [1.54, 1.807) is 12.1 Å². The van der Waals surface area contributed by atoms with Gasteiger partial charge in [-0.2, -0.15) is 9.90 Å². The highest BCUT2D eigenvalue weighted by Crippen LogP contribution is 2.19. The average Bonchev–Trinajstić information content (AvgIpc) is 3.28. The van der Waals surface area contributed by atoms with Crippen LogP contribution in [-0.4, -0.2) is 53.9 Å². The van der Waals surface area contributed by atoms with E-state index < -0.39 is 10.0 Å². The van der Waals surface area contributed by atoms with Crippen molar-refractivity contribution in [2.45, 2.75) is 30.8 Å². The number of halogens is 1. The fourth-order valence-corrected chi connectivity index (χ4v) is 4.47. The van der Waals surface area contributed by atoms with Gasteiger partial charge in [-0.3, -0.25) is 9.69 Å². The van der Waals surface area contributed by atoms with Gasteiger partial charge in [-0.25, -0.2) is 17.9 Å². The third-order valence-electron chi connectivity index (χ3n) is 5.92. The zero-order valence-corrected chi connectivity index (χ0v) is 19.4. The van der Waals surface area contributed by atoms with Gasteiger partial charge in [0.25, 0.3) is 5.91 Å². The Morgan fingerprint density at radius 3 is 2.29 bits per heavy atom. The summed E-state index contributed by atoms with van der Waals surface area (Å²) in [5.41, 5.74) is 2.11.